The standard InChI is InChI=1S/C11H15N3/c1-7(2)10-11(12)14-5-4-8(3)6-9(14)13-10/h4-7H,12H2,1-3H3. The van der Waals surface area contributed by atoms with E-state index in [1.807, 2.05) is 22.7 Å². The van der Waals surface area contributed by atoms with Crippen LogP contribution in [-0.4, -0.2) is 9.38 Å². The maximum Gasteiger partial charge on any atom is 0.138 e. The van der Waals surface area contributed by atoms with E-state index in [0.29, 0.717) is 5.92 Å². The number of fused-ring (bicyclic) bond motifs is 1. The first-order valence-electron chi connectivity index (χ1n) is 4.83. The number of pyridine rings is 1. The van der Waals surface area contributed by atoms with Crippen LogP contribution in [0.25, 0.3) is 5.65 Å². The number of nitrogens with zero attached hydrogens (tertiary/aromatic N) is 2. The highest BCUT2D eigenvalue weighted by molar-refractivity contribution is 5.54. The lowest BCUT2D eigenvalue weighted by Crippen LogP contribution is -1.97. The van der Waals surface area contributed by atoms with Gasteiger partial charge in [-0.1, -0.05) is 13.8 Å². The van der Waals surface area contributed by atoms with Crippen molar-refractivity contribution in [1.82, 2.24) is 9.38 Å². The van der Waals surface area contributed by atoms with Crippen LogP contribution in [0.2, 0.25) is 0 Å². The number of hydrogen-bond donors (Lipinski definition) is 1. The molecule has 2 heterocycles. The van der Waals surface area contributed by atoms with E-state index in [4.69, 9.17) is 5.73 Å². The maximum atomic E-state index is 5.99. The Hall–Kier alpha value is -1.51. The number of aromatic nitrogens is 2. The second-order valence-electron chi connectivity index (χ2n) is 3.97. The summed E-state index contributed by atoms with van der Waals surface area (Å²) in [6.45, 7) is 6.26. The molecule has 0 amide bonds. The van der Waals surface area contributed by atoms with Gasteiger partial charge in [0.05, 0.1) is 5.69 Å². The Morgan fingerprint density at radius 1 is 1.43 bits per heavy atom. The number of nitrogens with two attached hydrogens (primary N) is 1. The number of rotatable bonds is 1. The van der Waals surface area contributed by atoms with Crippen molar-refractivity contribution in [2.75, 3.05) is 5.73 Å². The van der Waals surface area contributed by atoms with Crippen molar-refractivity contribution in [2.24, 2.45) is 0 Å². The third kappa shape index (κ3) is 1.25. The molecular formula is C11H15N3. The zero-order chi connectivity index (χ0) is 10.3. The molecule has 3 heteroatoms. The molecule has 0 radical (unpaired) electrons. The number of aryl methyl sites for hydroxylation is 1. The Bertz CT molecular complexity index is 469. The van der Waals surface area contributed by atoms with E-state index in [9.17, 15) is 0 Å². The SMILES string of the molecule is Cc1ccn2c(N)c(C(C)C)nc2c1. The van der Waals surface area contributed by atoms with Crippen LogP contribution in [0.5, 0.6) is 0 Å². The van der Waals surface area contributed by atoms with Crippen molar-refractivity contribution >= 4 is 11.5 Å². The molecule has 3 nitrogen and oxygen atoms in total. The van der Waals surface area contributed by atoms with Crippen LogP contribution in [0.15, 0.2) is 18.3 Å². The van der Waals surface area contributed by atoms with E-state index in [-0.39, 0.29) is 0 Å². The van der Waals surface area contributed by atoms with Gasteiger partial charge in [-0.25, -0.2) is 4.98 Å². The first kappa shape index (κ1) is 9.06. The van der Waals surface area contributed by atoms with Crippen molar-refractivity contribution in [3.05, 3.63) is 29.6 Å². The highest BCUT2D eigenvalue weighted by atomic mass is 15.1. The normalized spacial score (nSPS) is 11.4. The van der Waals surface area contributed by atoms with Crippen LogP contribution in [0, 0.1) is 6.92 Å². The Kier molecular flexibility index (Phi) is 1.95. The fourth-order valence-electron chi connectivity index (χ4n) is 1.61. The summed E-state index contributed by atoms with van der Waals surface area (Å²) in [7, 11) is 0. The molecule has 0 saturated carbocycles. The van der Waals surface area contributed by atoms with Gasteiger partial charge in [-0.05, 0) is 30.5 Å². The molecule has 0 aliphatic rings. The second-order valence-corrected chi connectivity index (χ2v) is 3.97. The molecule has 0 spiro atoms. The van der Waals surface area contributed by atoms with Crippen LogP contribution in [0.3, 0.4) is 0 Å². The summed E-state index contributed by atoms with van der Waals surface area (Å²) in [4.78, 5) is 4.51. The highest BCUT2D eigenvalue weighted by Crippen LogP contribution is 2.22. The van der Waals surface area contributed by atoms with Crippen molar-refractivity contribution in [2.45, 2.75) is 26.7 Å². The molecule has 0 aromatic carbocycles. The van der Waals surface area contributed by atoms with E-state index in [2.05, 4.69) is 25.8 Å². The van der Waals surface area contributed by atoms with Crippen LogP contribution in [0.1, 0.15) is 31.0 Å². The predicted molar refractivity (Wildman–Crippen MR) is 58.4 cm³/mol. The fraction of sp³-hybridized carbons (Fsp3) is 0.364. The Morgan fingerprint density at radius 3 is 2.79 bits per heavy atom. The summed E-state index contributed by atoms with van der Waals surface area (Å²) in [5, 5.41) is 0. The lowest BCUT2D eigenvalue weighted by Gasteiger charge is -2.00. The van der Waals surface area contributed by atoms with Crippen LogP contribution in [-0.2, 0) is 0 Å². The second kappa shape index (κ2) is 3.01. The van der Waals surface area contributed by atoms with Gasteiger partial charge in [-0.3, -0.25) is 4.40 Å². The monoisotopic (exact) mass is 189 g/mol. The molecule has 0 aliphatic carbocycles. The smallest absolute Gasteiger partial charge is 0.138 e. The predicted octanol–water partition coefficient (Wildman–Crippen LogP) is 2.35. The largest absolute Gasteiger partial charge is 0.383 e. The van der Waals surface area contributed by atoms with Gasteiger partial charge in [0, 0.05) is 6.20 Å². The highest BCUT2D eigenvalue weighted by Gasteiger charge is 2.11. The van der Waals surface area contributed by atoms with Gasteiger partial charge in [-0.2, -0.15) is 0 Å². The van der Waals surface area contributed by atoms with Crippen LogP contribution < -0.4 is 5.73 Å². The number of anilines is 1. The third-order valence-corrected chi connectivity index (χ3v) is 2.39. The summed E-state index contributed by atoms with van der Waals surface area (Å²) in [6, 6.07) is 4.08. The van der Waals surface area contributed by atoms with E-state index < -0.39 is 0 Å². The zero-order valence-electron chi connectivity index (χ0n) is 8.78. The average molecular weight is 189 g/mol. The van der Waals surface area contributed by atoms with Gasteiger partial charge < -0.3 is 5.73 Å². The summed E-state index contributed by atoms with van der Waals surface area (Å²) in [5.74, 6) is 1.13. The molecule has 0 saturated heterocycles. The van der Waals surface area contributed by atoms with E-state index in [1.165, 1.54) is 5.56 Å². The minimum Gasteiger partial charge on any atom is -0.383 e. The van der Waals surface area contributed by atoms with Crippen LogP contribution in [0.4, 0.5) is 5.82 Å². The lowest BCUT2D eigenvalue weighted by atomic mass is 10.1. The van der Waals surface area contributed by atoms with Crippen molar-refractivity contribution in [1.29, 1.82) is 0 Å². The molecule has 0 fully saturated rings. The molecule has 2 aromatic heterocycles. The summed E-state index contributed by atoms with van der Waals surface area (Å²) >= 11 is 0. The average Bonchev–Trinajstić information content (AvgIpc) is 2.43. The number of imidazole rings is 1. The van der Waals surface area contributed by atoms with E-state index >= 15 is 0 Å². The van der Waals surface area contributed by atoms with Gasteiger partial charge in [0.25, 0.3) is 0 Å². The minimum atomic E-state index is 0.371. The first-order valence-corrected chi connectivity index (χ1v) is 4.83. The topological polar surface area (TPSA) is 43.3 Å². The zero-order valence-corrected chi connectivity index (χ0v) is 8.78. The van der Waals surface area contributed by atoms with Gasteiger partial charge in [-0.15, -0.1) is 0 Å². The van der Waals surface area contributed by atoms with Gasteiger partial charge in [0.2, 0.25) is 0 Å². The quantitative estimate of drug-likeness (QED) is 0.748. The Labute approximate surface area is 83.6 Å². The molecule has 2 aromatic rings. The fourth-order valence-corrected chi connectivity index (χ4v) is 1.61. The number of hydrogen-bond acceptors (Lipinski definition) is 2. The molecule has 2 rings (SSSR count). The Morgan fingerprint density at radius 2 is 2.14 bits per heavy atom. The van der Waals surface area contributed by atoms with Gasteiger partial charge in [0.15, 0.2) is 0 Å². The molecule has 74 valence electrons. The summed E-state index contributed by atoms with van der Waals surface area (Å²) in [6.07, 6.45) is 1.97. The van der Waals surface area contributed by atoms with Crippen LogP contribution >= 0.6 is 0 Å². The summed E-state index contributed by atoms with van der Waals surface area (Å²) < 4.78 is 1.93. The lowest BCUT2D eigenvalue weighted by molar-refractivity contribution is 0.838. The van der Waals surface area contributed by atoms with Gasteiger partial charge in [0.1, 0.15) is 11.5 Å². The summed E-state index contributed by atoms with van der Waals surface area (Å²) in [5.41, 5.74) is 9.12. The molecule has 0 aliphatic heterocycles. The minimum absolute atomic E-state index is 0.371. The van der Waals surface area contributed by atoms with Crippen molar-refractivity contribution in [3.63, 3.8) is 0 Å². The molecule has 2 N–H and O–H groups in total. The molecular weight excluding hydrogens is 174 g/mol. The maximum absolute atomic E-state index is 5.99. The molecule has 14 heavy (non-hydrogen) atoms. The first-order chi connectivity index (χ1) is 6.59. The molecule has 0 atom stereocenters. The third-order valence-electron chi connectivity index (χ3n) is 2.39. The Balaban J connectivity index is 2.73. The molecule has 0 unspecified atom stereocenters. The van der Waals surface area contributed by atoms with Crippen molar-refractivity contribution < 1.29 is 0 Å². The van der Waals surface area contributed by atoms with Crippen molar-refractivity contribution in [3.8, 4) is 0 Å². The van der Waals surface area contributed by atoms with Gasteiger partial charge >= 0.3 is 0 Å². The van der Waals surface area contributed by atoms with E-state index in [1.54, 1.807) is 0 Å². The molecule has 0 bridgehead atoms. The van der Waals surface area contributed by atoms with E-state index in [0.717, 1.165) is 17.2 Å². The number of nitrogen functional groups attached to an aromatic ring is 1.